The molecule has 0 fully saturated rings. The summed E-state index contributed by atoms with van der Waals surface area (Å²) in [6, 6.07) is 0. The van der Waals surface area contributed by atoms with Crippen LogP contribution in [0, 0.1) is 6.92 Å². The highest BCUT2D eigenvalue weighted by molar-refractivity contribution is 5.98. The molecule has 0 atom stereocenters. The van der Waals surface area contributed by atoms with Crippen LogP contribution in [0.4, 0.5) is 5.95 Å². The van der Waals surface area contributed by atoms with E-state index in [-0.39, 0.29) is 30.3 Å². The molecule has 0 aliphatic rings. The molecule has 12 nitrogen and oxygen atoms in total. The fourth-order valence-corrected chi connectivity index (χ4v) is 3.70. The van der Waals surface area contributed by atoms with E-state index in [4.69, 9.17) is 9.26 Å². The third-order valence-electron chi connectivity index (χ3n) is 5.36. The summed E-state index contributed by atoms with van der Waals surface area (Å²) < 4.78 is 13.4. The number of rotatable bonds is 9. The van der Waals surface area contributed by atoms with Crippen molar-refractivity contribution in [2.75, 3.05) is 18.6 Å². The minimum absolute atomic E-state index is 0.0202. The second kappa shape index (κ2) is 9.87. The number of anilines is 1. The van der Waals surface area contributed by atoms with E-state index in [1.54, 1.807) is 43.0 Å². The number of carbonyl (C=O) groups is 1. The summed E-state index contributed by atoms with van der Waals surface area (Å²) in [5, 5.41) is 7.95. The number of aryl methyl sites for hydroxylation is 2. The van der Waals surface area contributed by atoms with E-state index in [0.717, 1.165) is 17.0 Å². The molecule has 0 saturated heterocycles. The van der Waals surface area contributed by atoms with Gasteiger partial charge in [0.25, 0.3) is 5.56 Å². The normalized spacial score (nSPS) is 11.0. The SMILES string of the molecule is CCOc1c(C(=O)Cc2cnoc2)nc(N(C)Cc2cnc(-c3cn(C)nc3C)cn2)n(C)c1=O. The maximum Gasteiger partial charge on any atom is 0.297 e. The van der Waals surface area contributed by atoms with Crippen LogP contribution in [0.3, 0.4) is 0 Å². The van der Waals surface area contributed by atoms with Crippen molar-refractivity contribution in [3.63, 3.8) is 0 Å². The molecule has 4 rings (SSSR count). The number of nitrogens with zero attached hydrogens (tertiary/aromatic N) is 8. The highest BCUT2D eigenvalue weighted by Gasteiger charge is 2.24. The first-order valence-corrected chi connectivity index (χ1v) is 11.0. The van der Waals surface area contributed by atoms with E-state index in [0.29, 0.717) is 23.8 Å². The van der Waals surface area contributed by atoms with Gasteiger partial charge in [0.15, 0.2) is 11.5 Å². The lowest BCUT2D eigenvalue weighted by Gasteiger charge is -2.22. The molecule has 12 heteroatoms. The molecule has 4 heterocycles. The molecule has 0 aliphatic carbocycles. The Morgan fingerprint density at radius 1 is 1.20 bits per heavy atom. The minimum atomic E-state index is -0.453. The Balaban J connectivity index is 1.62. The zero-order valence-corrected chi connectivity index (χ0v) is 20.2. The summed E-state index contributed by atoms with van der Waals surface area (Å²) >= 11 is 0. The van der Waals surface area contributed by atoms with Crippen LogP contribution in [0.5, 0.6) is 5.75 Å². The van der Waals surface area contributed by atoms with Crippen molar-refractivity contribution >= 4 is 11.7 Å². The van der Waals surface area contributed by atoms with Crippen LogP contribution in [-0.4, -0.2) is 53.9 Å². The molecule has 0 radical (unpaired) electrons. The highest BCUT2D eigenvalue weighted by Crippen LogP contribution is 2.21. The van der Waals surface area contributed by atoms with E-state index in [2.05, 4.69) is 25.2 Å². The van der Waals surface area contributed by atoms with Gasteiger partial charge in [-0.15, -0.1) is 0 Å². The summed E-state index contributed by atoms with van der Waals surface area (Å²) in [4.78, 5) is 41.3. The first kappa shape index (κ1) is 23.8. The number of hydrogen-bond donors (Lipinski definition) is 0. The molecule has 0 unspecified atom stereocenters. The van der Waals surface area contributed by atoms with Crippen LogP contribution in [0.2, 0.25) is 0 Å². The molecule has 0 bridgehead atoms. The summed E-state index contributed by atoms with van der Waals surface area (Å²) in [6.45, 7) is 4.19. The van der Waals surface area contributed by atoms with E-state index < -0.39 is 5.56 Å². The second-order valence-corrected chi connectivity index (χ2v) is 8.07. The Morgan fingerprint density at radius 2 is 2.00 bits per heavy atom. The summed E-state index contributed by atoms with van der Waals surface area (Å²) in [5.74, 6) is -0.161. The molecule has 0 N–H and O–H groups in total. The Morgan fingerprint density at radius 3 is 2.60 bits per heavy atom. The number of carbonyl (C=O) groups excluding carboxylic acids is 1. The van der Waals surface area contributed by atoms with Crippen molar-refractivity contribution in [1.82, 2.24) is 34.5 Å². The Labute approximate surface area is 201 Å². The van der Waals surface area contributed by atoms with E-state index in [1.165, 1.54) is 17.0 Å². The summed E-state index contributed by atoms with van der Waals surface area (Å²) in [6.07, 6.45) is 8.05. The van der Waals surface area contributed by atoms with Gasteiger partial charge in [-0.3, -0.25) is 28.8 Å². The first-order valence-electron chi connectivity index (χ1n) is 11.0. The van der Waals surface area contributed by atoms with E-state index >= 15 is 0 Å². The van der Waals surface area contributed by atoms with Gasteiger partial charge in [-0.2, -0.15) is 5.10 Å². The van der Waals surface area contributed by atoms with Gasteiger partial charge in [0.2, 0.25) is 11.7 Å². The molecule has 35 heavy (non-hydrogen) atoms. The van der Waals surface area contributed by atoms with Gasteiger partial charge < -0.3 is 14.2 Å². The molecule has 0 saturated carbocycles. The van der Waals surface area contributed by atoms with E-state index in [9.17, 15) is 9.59 Å². The smallest absolute Gasteiger partial charge is 0.297 e. The Kier molecular flexibility index (Phi) is 6.71. The fourth-order valence-electron chi connectivity index (χ4n) is 3.70. The Bertz CT molecular complexity index is 1390. The number of ether oxygens (including phenoxy) is 1. The zero-order chi connectivity index (χ0) is 25.1. The number of ketones is 1. The fraction of sp³-hybridized carbons (Fsp3) is 0.348. The lowest BCUT2D eigenvalue weighted by molar-refractivity contribution is 0.0983. The highest BCUT2D eigenvalue weighted by atomic mass is 16.5. The molecular weight excluding hydrogens is 452 g/mol. The predicted octanol–water partition coefficient (Wildman–Crippen LogP) is 1.73. The van der Waals surface area contributed by atoms with Gasteiger partial charge in [-0.1, -0.05) is 5.16 Å². The van der Waals surface area contributed by atoms with Gasteiger partial charge in [0.05, 0.1) is 48.8 Å². The average molecular weight is 479 g/mol. The molecule has 4 aromatic heterocycles. The topological polar surface area (TPSA) is 134 Å². The van der Waals surface area contributed by atoms with Gasteiger partial charge in [0.1, 0.15) is 6.26 Å². The number of hydrogen-bond acceptors (Lipinski definition) is 10. The van der Waals surface area contributed by atoms with Gasteiger partial charge >= 0.3 is 0 Å². The number of aromatic nitrogens is 7. The standard InChI is InChI=1S/C23H26N8O4/c1-6-34-21-20(19(32)7-15-8-26-35-13-15)27-23(31(5)22(21)33)29(3)11-16-9-25-18(10-24-16)17-12-30(4)28-14(17)2/h8-10,12-13H,6-7,11H2,1-5H3. The summed E-state index contributed by atoms with van der Waals surface area (Å²) in [7, 11) is 5.20. The van der Waals surface area contributed by atoms with Gasteiger partial charge in [0, 0.05) is 44.9 Å². The first-order chi connectivity index (χ1) is 16.8. The van der Waals surface area contributed by atoms with Crippen LogP contribution in [0.25, 0.3) is 11.3 Å². The maximum atomic E-state index is 13.1. The van der Waals surface area contributed by atoms with Crippen molar-refractivity contribution in [2.45, 2.75) is 26.8 Å². The largest absolute Gasteiger partial charge is 0.486 e. The van der Waals surface area contributed by atoms with Gasteiger partial charge in [-0.05, 0) is 13.8 Å². The van der Waals surface area contributed by atoms with Crippen molar-refractivity contribution in [3.8, 4) is 17.0 Å². The quantitative estimate of drug-likeness (QED) is 0.327. The zero-order valence-electron chi connectivity index (χ0n) is 20.2. The lowest BCUT2D eigenvalue weighted by atomic mass is 10.1. The van der Waals surface area contributed by atoms with Crippen LogP contribution in [-0.2, 0) is 27.1 Å². The molecule has 182 valence electrons. The molecular formula is C23H26N8O4. The van der Waals surface area contributed by atoms with Crippen molar-refractivity contribution in [2.24, 2.45) is 14.1 Å². The third-order valence-corrected chi connectivity index (χ3v) is 5.36. The third kappa shape index (κ3) is 4.95. The maximum absolute atomic E-state index is 13.1. The summed E-state index contributed by atoms with van der Waals surface area (Å²) in [5.41, 5.74) is 3.25. The number of Topliss-reactive ketones (excluding diaryl/α,β-unsaturated/α-hetero) is 1. The molecule has 0 spiro atoms. The average Bonchev–Trinajstić information content (AvgIpc) is 3.46. The van der Waals surface area contributed by atoms with Gasteiger partial charge in [-0.25, -0.2) is 4.98 Å². The predicted molar refractivity (Wildman–Crippen MR) is 126 cm³/mol. The Hall–Kier alpha value is -4.35. The van der Waals surface area contributed by atoms with Crippen LogP contribution in [0.1, 0.15) is 34.4 Å². The van der Waals surface area contributed by atoms with Crippen LogP contribution >= 0.6 is 0 Å². The van der Waals surface area contributed by atoms with E-state index in [1.807, 2.05) is 20.2 Å². The van der Waals surface area contributed by atoms with Crippen molar-refractivity contribution < 1.29 is 14.1 Å². The lowest BCUT2D eigenvalue weighted by Crippen LogP contribution is -2.32. The molecule has 0 aliphatic heterocycles. The molecule has 4 aromatic rings. The minimum Gasteiger partial charge on any atom is -0.486 e. The van der Waals surface area contributed by atoms with Crippen LogP contribution < -0.4 is 15.2 Å². The molecule has 0 aromatic carbocycles. The van der Waals surface area contributed by atoms with Crippen molar-refractivity contribution in [1.29, 1.82) is 0 Å². The second-order valence-electron chi connectivity index (χ2n) is 8.07. The monoisotopic (exact) mass is 478 g/mol. The van der Waals surface area contributed by atoms with Crippen molar-refractivity contribution in [3.05, 3.63) is 64.0 Å². The van der Waals surface area contributed by atoms with Crippen LogP contribution in [0.15, 0.2) is 40.4 Å². The molecule has 0 amide bonds.